The van der Waals surface area contributed by atoms with Crippen LogP contribution in [-0.4, -0.2) is 27.3 Å². The van der Waals surface area contributed by atoms with E-state index < -0.39 is 23.5 Å². The summed E-state index contributed by atoms with van der Waals surface area (Å²) in [5.41, 5.74) is 2.70. The van der Waals surface area contributed by atoms with Gasteiger partial charge in [-0.2, -0.15) is 0 Å². The maximum atomic E-state index is 14.2. The highest BCUT2D eigenvalue weighted by Crippen LogP contribution is 2.29. The molecule has 0 aliphatic heterocycles. The van der Waals surface area contributed by atoms with Crippen molar-refractivity contribution in [1.82, 2.24) is 4.57 Å². The van der Waals surface area contributed by atoms with E-state index in [1.54, 1.807) is 51.1 Å². The van der Waals surface area contributed by atoms with Gasteiger partial charge in [0.2, 0.25) is 0 Å². The van der Waals surface area contributed by atoms with E-state index in [0.29, 0.717) is 22.3 Å². The van der Waals surface area contributed by atoms with Crippen LogP contribution >= 0.6 is 11.6 Å². The normalized spacial score (nSPS) is 11.5. The molecule has 3 aromatic carbocycles. The average molecular weight is 510 g/mol. The number of aliphatic carboxylic acids is 1. The largest absolute Gasteiger partial charge is 0.487 e. The van der Waals surface area contributed by atoms with Gasteiger partial charge in [-0.15, -0.1) is 0 Å². The van der Waals surface area contributed by atoms with Crippen LogP contribution in [0.1, 0.15) is 32.0 Å². The van der Waals surface area contributed by atoms with Gasteiger partial charge < -0.3 is 14.6 Å². The zero-order valence-electron chi connectivity index (χ0n) is 20.0. The number of carboxylic acid groups (broad SMARTS) is 1. The molecule has 1 heterocycles. The number of carboxylic acids is 1. The molecule has 0 saturated heterocycles. The third-order valence-electron chi connectivity index (χ3n) is 5.38. The minimum atomic E-state index is -0.872. The molecule has 186 valence electrons. The van der Waals surface area contributed by atoms with Gasteiger partial charge in [0.15, 0.2) is 0 Å². The van der Waals surface area contributed by atoms with Crippen molar-refractivity contribution in [2.24, 2.45) is 0 Å². The second-order valence-corrected chi connectivity index (χ2v) is 9.76. The Labute approximate surface area is 212 Å². The van der Waals surface area contributed by atoms with Crippen LogP contribution in [-0.2, 0) is 22.6 Å². The number of nitrogens with zero attached hydrogens (tertiary/aromatic N) is 1. The van der Waals surface area contributed by atoms with Crippen LogP contribution in [0.4, 0.5) is 9.18 Å². The summed E-state index contributed by atoms with van der Waals surface area (Å²) in [6, 6.07) is 19.1. The SMILES string of the molecule is CC(C)(C)OC(=O)n1c(COc2ccc(-c3ccc(CC(=O)O)cc3)cc2)cc2cc(Cl)c(F)cc21. The van der Waals surface area contributed by atoms with Gasteiger partial charge in [0.05, 0.1) is 22.7 Å². The number of ether oxygens (including phenoxy) is 2. The maximum Gasteiger partial charge on any atom is 0.419 e. The van der Waals surface area contributed by atoms with Crippen LogP contribution in [0.3, 0.4) is 0 Å². The number of hydrogen-bond donors (Lipinski definition) is 1. The Morgan fingerprint density at radius 1 is 0.972 bits per heavy atom. The van der Waals surface area contributed by atoms with Crippen molar-refractivity contribution in [3.8, 4) is 16.9 Å². The number of aromatic nitrogens is 1. The van der Waals surface area contributed by atoms with Gasteiger partial charge in [0, 0.05) is 11.5 Å². The molecule has 0 bridgehead atoms. The predicted molar refractivity (Wildman–Crippen MR) is 136 cm³/mol. The van der Waals surface area contributed by atoms with Crippen LogP contribution in [0.5, 0.6) is 5.75 Å². The third kappa shape index (κ3) is 5.86. The van der Waals surface area contributed by atoms with Crippen LogP contribution in [0.15, 0.2) is 66.7 Å². The third-order valence-corrected chi connectivity index (χ3v) is 5.67. The average Bonchev–Trinajstić information content (AvgIpc) is 3.14. The lowest BCUT2D eigenvalue weighted by atomic mass is 10.0. The molecule has 6 nitrogen and oxygen atoms in total. The molecule has 1 aromatic heterocycles. The summed E-state index contributed by atoms with van der Waals surface area (Å²) in [5.74, 6) is -0.930. The highest BCUT2D eigenvalue weighted by Gasteiger charge is 2.23. The second kappa shape index (κ2) is 10.0. The zero-order valence-corrected chi connectivity index (χ0v) is 20.8. The van der Waals surface area contributed by atoms with Gasteiger partial charge in [0.1, 0.15) is 23.8 Å². The molecule has 0 amide bonds. The molecule has 4 rings (SSSR count). The molecule has 8 heteroatoms. The molecular weight excluding hydrogens is 485 g/mol. The molecule has 0 spiro atoms. The predicted octanol–water partition coefficient (Wildman–Crippen LogP) is 7.09. The highest BCUT2D eigenvalue weighted by molar-refractivity contribution is 6.31. The molecule has 0 aliphatic carbocycles. The van der Waals surface area contributed by atoms with Crippen LogP contribution < -0.4 is 4.74 Å². The van der Waals surface area contributed by atoms with Crippen molar-refractivity contribution in [3.63, 3.8) is 0 Å². The molecule has 4 aromatic rings. The minimum absolute atomic E-state index is 0.0219. The van der Waals surface area contributed by atoms with Gasteiger partial charge in [-0.05, 0) is 61.7 Å². The van der Waals surface area contributed by atoms with Gasteiger partial charge in [-0.1, -0.05) is 48.0 Å². The van der Waals surface area contributed by atoms with E-state index >= 15 is 0 Å². The van der Waals surface area contributed by atoms with E-state index in [-0.39, 0.29) is 18.1 Å². The summed E-state index contributed by atoms with van der Waals surface area (Å²) < 4.78 is 27.0. The van der Waals surface area contributed by atoms with Gasteiger partial charge in [0.25, 0.3) is 0 Å². The fourth-order valence-corrected chi connectivity index (χ4v) is 3.95. The summed E-state index contributed by atoms with van der Waals surface area (Å²) >= 11 is 5.95. The van der Waals surface area contributed by atoms with Crippen LogP contribution in [0.25, 0.3) is 22.0 Å². The first kappa shape index (κ1) is 25.3. The summed E-state index contributed by atoms with van der Waals surface area (Å²) in [6.07, 6.45) is -0.661. The molecule has 0 fully saturated rings. The number of benzene rings is 3. The van der Waals surface area contributed by atoms with E-state index in [4.69, 9.17) is 26.2 Å². The fourth-order valence-electron chi connectivity index (χ4n) is 3.78. The van der Waals surface area contributed by atoms with Crippen LogP contribution in [0.2, 0.25) is 5.02 Å². The minimum Gasteiger partial charge on any atom is -0.487 e. The summed E-state index contributed by atoms with van der Waals surface area (Å²) in [7, 11) is 0. The van der Waals surface area contributed by atoms with E-state index in [9.17, 15) is 14.0 Å². The summed E-state index contributed by atoms with van der Waals surface area (Å²) in [6.45, 7) is 5.30. The molecule has 1 N–H and O–H groups in total. The Balaban J connectivity index is 1.55. The lowest BCUT2D eigenvalue weighted by molar-refractivity contribution is -0.136. The smallest absolute Gasteiger partial charge is 0.419 e. The molecule has 0 saturated carbocycles. The number of carbonyl (C=O) groups excluding carboxylic acids is 1. The Morgan fingerprint density at radius 2 is 1.58 bits per heavy atom. The number of carbonyl (C=O) groups is 2. The Kier molecular flexibility index (Phi) is 7.04. The van der Waals surface area contributed by atoms with E-state index in [1.807, 2.05) is 24.3 Å². The quantitative estimate of drug-likeness (QED) is 0.300. The van der Waals surface area contributed by atoms with Crippen molar-refractivity contribution < 1.29 is 28.6 Å². The molecule has 36 heavy (non-hydrogen) atoms. The standard InChI is InChI=1S/C28H25ClFNO5/c1-28(2,3)36-27(34)31-21(13-20-14-23(29)24(30)15-25(20)31)16-35-22-10-8-19(9-11-22)18-6-4-17(5-7-18)12-26(32)33/h4-11,13-15H,12,16H2,1-3H3,(H,32,33). The Hall–Kier alpha value is -3.84. The van der Waals surface area contributed by atoms with E-state index in [0.717, 1.165) is 16.7 Å². The van der Waals surface area contributed by atoms with Crippen molar-refractivity contribution in [1.29, 1.82) is 0 Å². The number of rotatable bonds is 6. The monoisotopic (exact) mass is 509 g/mol. The van der Waals surface area contributed by atoms with Crippen LogP contribution in [0, 0.1) is 5.82 Å². The topological polar surface area (TPSA) is 77.8 Å². The number of halogens is 2. The fraction of sp³-hybridized carbons (Fsp3) is 0.214. The van der Waals surface area contributed by atoms with Crippen molar-refractivity contribution in [3.05, 3.63) is 88.8 Å². The lowest BCUT2D eigenvalue weighted by Gasteiger charge is -2.21. The first-order valence-electron chi connectivity index (χ1n) is 11.3. The summed E-state index contributed by atoms with van der Waals surface area (Å²) in [4.78, 5) is 23.8. The Morgan fingerprint density at radius 3 is 2.17 bits per heavy atom. The molecule has 0 unspecified atom stereocenters. The lowest BCUT2D eigenvalue weighted by Crippen LogP contribution is -2.28. The van der Waals surface area contributed by atoms with Crippen molar-refractivity contribution >= 4 is 34.6 Å². The van der Waals surface area contributed by atoms with Gasteiger partial charge in [-0.25, -0.2) is 13.8 Å². The second-order valence-electron chi connectivity index (χ2n) is 9.36. The number of fused-ring (bicyclic) bond motifs is 1. The Bertz CT molecular complexity index is 1420. The molecule has 0 atom stereocenters. The molecule has 0 aliphatic rings. The number of hydrogen-bond acceptors (Lipinski definition) is 4. The van der Waals surface area contributed by atoms with Gasteiger partial charge in [-0.3, -0.25) is 4.79 Å². The first-order valence-corrected chi connectivity index (χ1v) is 11.6. The molecular formula is C28H25ClFNO5. The highest BCUT2D eigenvalue weighted by atomic mass is 35.5. The first-order chi connectivity index (χ1) is 17.0. The maximum absolute atomic E-state index is 14.2. The van der Waals surface area contributed by atoms with E-state index in [1.165, 1.54) is 16.7 Å². The van der Waals surface area contributed by atoms with Gasteiger partial charge >= 0.3 is 12.1 Å². The van der Waals surface area contributed by atoms with E-state index in [2.05, 4.69) is 0 Å². The van der Waals surface area contributed by atoms with Crippen molar-refractivity contribution in [2.45, 2.75) is 39.4 Å². The molecule has 0 radical (unpaired) electrons. The van der Waals surface area contributed by atoms with Crippen molar-refractivity contribution in [2.75, 3.05) is 0 Å². The summed E-state index contributed by atoms with van der Waals surface area (Å²) in [5, 5.41) is 9.47. The zero-order chi connectivity index (χ0) is 26.0.